The molecule has 1 N–H and O–H groups in total. The molecule has 0 amide bonds. The third-order valence-electron chi connectivity index (χ3n) is 5.17. The fraction of sp³-hybridized carbons (Fsp3) is 1.00. The topological polar surface area (TPSA) is 33.7 Å². The van der Waals surface area contributed by atoms with Crippen LogP contribution in [0.1, 0.15) is 33.1 Å². The second kappa shape index (κ2) is 7.02. The van der Waals surface area contributed by atoms with Crippen LogP contribution in [0.5, 0.6) is 0 Å². The van der Waals surface area contributed by atoms with Crippen LogP contribution < -0.4 is 5.32 Å². The van der Waals surface area contributed by atoms with Crippen molar-refractivity contribution in [3.8, 4) is 0 Å². The van der Waals surface area contributed by atoms with Crippen molar-refractivity contribution >= 4 is 0 Å². The number of ether oxygens (including phenoxy) is 2. The van der Waals surface area contributed by atoms with Gasteiger partial charge in [0, 0.05) is 37.9 Å². The number of likely N-dealkylation sites (N-methyl/N-ethyl adjacent to an activating group) is 1. The molecule has 4 nitrogen and oxygen atoms in total. The van der Waals surface area contributed by atoms with Crippen LogP contribution in [0.15, 0.2) is 0 Å². The second-order valence-corrected chi connectivity index (χ2v) is 6.03. The highest BCUT2D eigenvalue weighted by atomic mass is 16.5. The Hall–Kier alpha value is -0.160. The number of morpholine rings is 1. The molecule has 2 fully saturated rings. The summed E-state index contributed by atoms with van der Waals surface area (Å²) in [7, 11) is 2.12. The van der Waals surface area contributed by atoms with Gasteiger partial charge in [0.1, 0.15) is 0 Å². The molecule has 0 aliphatic carbocycles. The second-order valence-electron chi connectivity index (χ2n) is 6.03. The van der Waals surface area contributed by atoms with Crippen LogP contribution in [-0.2, 0) is 9.47 Å². The van der Waals surface area contributed by atoms with E-state index in [1.165, 1.54) is 19.3 Å². The minimum absolute atomic E-state index is 0.223. The van der Waals surface area contributed by atoms with Crippen molar-refractivity contribution in [2.75, 3.05) is 46.6 Å². The smallest absolute Gasteiger partial charge is 0.0594 e. The average molecular weight is 270 g/mol. The fourth-order valence-corrected chi connectivity index (χ4v) is 3.82. The summed E-state index contributed by atoms with van der Waals surface area (Å²) in [6.07, 6.45) is 3.55. The molecule has 0 aromatic carbocycles. The molecule has 2 aliphatic rings. The Labute approximate surface area is 117 Å². The lowest BCUT2D eigenvalue weighted by molar-refractivity contribution is -0.0510. The molecule has 112 valence electrons. The molecule has 0 radical (unpaired) electrons. The molecule has 2 aliphatic heterocycles. The molecule has 0 spiro atoms. The molecular formula is C15H30N2O2. The molecule has 4 heteroatoms. The van der Waals surface area contributed by atoms with E-state index >= 15 is 0 Å². The Kier molecular flexibility index (Phi) is 5.63. The van der Waals surface area contributed by atoms with E-state index in [-0.39, 0.29) is 5.54 Å². The zero-order valence-corrected chi connectivity index (χ0v) is 12.8. The minimum atomic E-state index is 0.223. The maximum absolute atomic E-state index is 5.52. The van der Waals surface area contributed by atoms with Gasteiger partial charge in [0.25, 0.3) is 0 Å². The Bertz CT molecular complexity index is 263. The average Bonchev–Trinajstić information content (AvgIpc) is 2.49. The summed E-state index contributed by atoms with van der Waals surface area (Å²) in [6.45, 7) is 10.5. The summed E-state index contributed by atoms with van der Waals surface area (Å²) < 4.78 is 11.0. The first-order valence-electron chi connectivity index (χ1n) is 7.80. The first-order valence-corrected chi connectivity index (χ1v) is 7.80. The van der Waals surface area contributed by atoms with Crippen molar-refractivity contribution in [3.05, 3.63) is 0 Å². The number of nitrogens with zero attached hydrogens (tertiary/aromatic N) is 1. The maximum Gasteiger partial charge on any atom is 0.0594 e. The Morgan fingerprint density at radius 3 is 2.26 bits per heavy atom. The van der Waals surface area contributed by atoms with Gasteiger partial charge in [-0.2, -0.15) is 0 Å². The number of hydrogen-bond acceptors (Lipinski definition) is 4. The van der Waals surface area contributed by atoms with Gasteiger partial charge in [-0.15, -0.1) is 0 Å². The lowest BCUT2D eigenvalue weighted by atomic mass is 9.76. The summed E-state index contributed by atoms with van der Waals surface area (Å²) in [5.74, 6) is 0.728. The third kappa shape index (κ3) is 3.30. The summed E-state index contributed by atoms with van der Waals surface area (Å²) >= 11 is 0. The van der Waals surface area contributed by atoms with Gasteiger partial charge in [0.2, 0.25) is 0 Å². The van der Waals surface area contributed by atoms with Crippen molar-refractivity contribution in [1.29, 1.82) is 0 Å². The molecule has 2 unspecified atom stereocenters. The molecule has 2 rings (SSSR count). The van der Waals surface area contributed by atoms with Gasteiger partial charge in [0.15, 0.2) is 0 Å². The Morgan fingerprint density at radius 2 is 1.74 bits per heavy atom. The fourth-order valence-electron chi connectivity index (χ4n) is 3.82. The van der Waals surface area contributed by atoms with Gasteiger partial charge in [-0.3, -0.25) is 4.90 Å². The summed E-state index contributed by atoms with van der Waals surface area (Å²) in [4.78, 5) is 2.63. The zero-order valence-electron chi connectivity index (χ0n) is 12.8. The van der Waals surface area contributed by atoms with Crippen LogP contribution in [0.25, 0.3) is 0 Å². The number of hydrogen-bond donors (Lipinski definition) is 1. The number of rotatable bonds is 5. The predicted octanol–water partition coefficient (Wildman–Crippen LogP) is 1.50. The van der Waals surface area contributed by atoms with E-state index in [4.69, 9.17) is 9.47 Å². The van der Waals surface area contributed by atoms with Gasteiger partial charge < -0.3 is 14.8 Å². The Morgan fingerprint density at radius 1 is 1.16 bits per heavy atom. The highest BCUT2D eigenvalue weighted by Crippen LogP contribution is 2.33. The first-order chi connectivity index (χ1) is 9.22. The number of nitrogens with one attached hydrogen (secondary N) is 1. The van der Waals surface area contributed by atoms with Crippen molar-refractivity contribution in [2.45, 2.75) is 44.7 Å². The standard InChI is InChI=1S/C15H30N2O2/c1-4-15(2,17-7-11-19-12-8-17)14(16-3)13-5-9-18-10-6-13/h13-14,16H,4-12H2,1-3H3. The lowest BCUT2D eigenvalue weighted by Gasteiger charge is -2.50. The molecule has 0 bridgehead atoms. The minimum Gasteiger partial charge on any atom is -0.381 e. The monoisotopic (exact) mass is 270 g/mol. The molecule has 19 heavy (non-hydrogen) atoms. The van der Waals surface area contributed by atoms with Gasteiger partial charge in [-0.1, -0.05) is 6.92 Å². The van der Waals surface area contributed by atoms with Gasteiger partial charge >= 0.3 is 0 Å². The highest BCUT2D eigenvalue weighted by molar-refractivity contribution is 5.00. The summed E-state index contributed by atoms with van der Waals surface area (Å²) in [5.41, 5.74) is 0.223. The summed E-state index contributed by atoms with van der Waals surface area (Å²) in [6, 6.07) is 0.541. The molecule has 0 aromatic rings. The van der Waals surface area contributed by atoms with Crippen LogP contribution in [0, 0.1) is 5.92 Å². The summed E-state index contributed by atoms with van der Waals surface area (Å²) in [5, 5.41) is 3.62. The van der Waals surface area contributed by atoms with E-state index in [0.29, 0.717) is 6.04 Å². The molecule has 2 saturated heterocycles. The molecule has 2 atom stereocenters. The maximum atomic E-state index is 5.52. The van der Waals surface area contributed by atoms with E-state index < -0.39 is 0 Å². The van der Waals surface area contributed by atoms with Crippen molar-refractivity contribution < 1.29 is 9.47 Å². The van der Waals surface area contributed by atoms with Crippen molar-refractivity contribution in [3.63, 3.8) is 0 Å². The zero-order chi connectivity index (χ0) is 13.7. The highest BCUT2D eigenvalue weighted by Gasteiger charge is 2.42. The molecule has 2 heterocycles. The van der Waals surface area contributed by atoms with Gasteiger partial charge in [-0.25, -0.2) is 0 Å². The lowest BCUT2D eigenvalue weighted by Crippen LogP contribution is -2.63. The SMILES string of the molecule is CCC(C)(C(NC)C1CCOCC1)N1CCOCC1. The van der Waals surface area contributed by atoms with Crippen molar-refractivity contribution in [1.82, 2.24) is 10.2 Å². The van der Waals surface area contributed by atoms with E-state index in [9.17, 15) is 0 Å². The van der Waals surface area contributed by atoms with Gasteiger partial charge in [-0.05, 0) is 39.2 Å². The van der Waals surface area contributed by atoms with Crippen LogP contribution >= 0.6 is 0 Å². The normalized spacial score (nSPS) is 27.9. The molecule has 0 saturated carbocycles. The van der Waals surface area contributed by atoms with Crippen LogP contribution in [-0.4, -0.2) is 63.0 Å². The van der Waals surface area contributed by atoms with Crippen LogP contribution in [0.4, 0.5) is 0 Å². The van der Waals surface area contributed by atoms with E-state index in [1.807, 2.05) is 0 Å². The first kappa shape index (κ1) is 15.2. The van der Waals surface area contributed by atoms with E-state index in [0.717, 1.165) is 45.4 Å². The molecular weight excluding hydrogens is 240 g/mol. The van der Waals surface area contributed by atoms with E-state index in [2.05, 4.69) is 31.1 Å². The van der Waals surface area contributed by atoms with Crippen molar-refractivity contribution in [2.24, 2.45) is 5.92 Å². The van der Waals surface area contributed by atoms with Crippen LogP contribution in [0.3, 0.4) is 0 Å². The third-order valence-corrected chi connectivity index (χ3v) is 5.17. The van der Waals surface area contributed by atoms with Gasteiger partial charge in [0.05, 0.1) is 13.2 Å². The Balaban J connectivity index is 2.10. The largest absolute Gasteiger partial charge is 0.381 e. The van der Waals surface area contributed by atoms with E-state index in [1.54, 1.807) is 0 Å². The predicted molar refractivity (Wildman–Crippen MR) is 77.5 cm³/mol. The van der Waals surface area contributed by atoms with Crippen LogP contribution in [0.2, 0.25) is 0 Å². The molecule has 0 aromatic heterocycles. The quantitative estimate of drug-likeness (QED) is 0.821.